The van der Waals surface area contributed by atoms with Gasteiger partial charge in [-0.05, 0) is 47.5 Å². The average Bonchev–Trinajstić information content (AvgIpc) is 3.07. The normalized spacial score (nSPS) is 12.3. The van der Waals surface area contributed by atoms with Crippen LogP contribution in [0.1, 0.15) is 47.8 Å². The van der Waals surface area contributed by atoms with Gasteiger partial charge in [0.05, 0.1) is 36.4 Å². The van der Waals surface area contributed by atoms with Crippen LogP contribution in [0.3, 0.4) is 0 Å². The molecular weight excluding hydrogens is 408 g/mol. The van der Waals surface area contributed by atoms with E-state index in [0.29, 0.717) is 33.6 Å². The summed E-state index contributed by atoms with van der Waals surface area (Å²) in [6.07, 6.45) is 0. The first-order chi connectivity index (χ1) is 15.5. The lowest BCUT2D eigenvalue weighted by molar-refractivity contribution is 0.0468. The van der Waals surface area contributed by atoms with E-state index in [1.54, 1.807) is 66.7 Å². The van der Waals surface area contributed by atoms with Crippen molar-refractivity contribution in [2.45, 2.75) is 13.2 Å². The topological polar surface area (TPSA) is 96.7 Å². The number of hydrogen-bond donors (Lipinski definition) is 0. The molecule has 0 spiro atoms. The molecule has 0 unspecified atom stereocenters. The fourth-order valence-electron chi connectivity index (χ4n) is 3.54. The number of nitriles is 1. The monoisotopic (exact) mass is 426 g/mol. The van der Waals surface area contributed by atoms with Crippen LogP contribution in [-0.4, -0.2) is 29.8 Å². The third kappa shape index (κ3) is 3.94. The Morgan fingerprint density at radius 2 is 1.66 bits per heavy atom. The number of benzene rings is 3. The van der Waals surface area contributed by atoms with Crippen molar-refractivity contribution in [3.8, 4) is 11.8 Å². The van der Waals surface area contributed by atoms with Crippen molar-refractivity contribution in [3.63, 3.8) is 0 Å². The highest BCUT2D eigenvalue weighted by molar-refractivity contribution is 6.21. The van der Waals surface area contributed by atoms with Crippen LogP contribution >= 0.6 is 0 Å². The highest BCUT2D eigenvalue weighted by atomic mass is 16.5. The fourth-order valence-corrected chi connectivity index (χ4v) is 3.54. The van der Waals surface area contributed by atoms with E-state index in [2.05, 4.69) is 0 Å². The molecule has 0 aliphatic carbocycles. The number of carbonyl (C=O) groups is 3. The molecule has 1 aliphatic heterocycles. The van der Waals surface area contributed by atoms with Crippen LogP contribution in [0.5, 0.6) is 5.75 Å². The van der Waals surface area contributed by atoms with Gasteiger partial charge in [-0.2, -0.15) is 5.26 Å². The van der Waals surface area contributed by atoms with Crippen LogP contribution in [0.4, 0.5) is 0 Å². The number of hydrogen-bond acceptors (Lipinski definition) is 6. The van der Waals surface area contributed by atoms with Crippen LogP contribution < -0.4 is 4.74 Å². The van der Waals surface area contributed by atoms with Crippen molar-refractivity contribution in [3.05, 3.63) is 100 Å². The molecule has 158 valence electrons. The predicted octanol–water partition coefficient (Wildman–Crippen LogP) is 3.72. The fraction of sp³-hybridized carbons (Fsp3) is 0.120. The lowest BCUT2D eigenvalue weighted by atomic mass is 10.1. The quantitative estimate of drug-likeness (QED) is 0.440. The second-order valence-corrected chi connectivity index (χ2v) is 7.16. The summed E-state index contributed by atoms with van der Waals surface area (Å²) >= 11 is 0. The Balaban J connectivity index is 1.53. The van der Waals surface area contributed by atoms with E-state index in [0.717, 1.165) is 4.90 Å². The molecule has 0 radical (unpaired) electrons. The van der Waals surface area contributed by atoms with Gasteiger partial charge < -0.3 is 9.47 Å². The number of imide groups is 1. The van der Waals surface area contributed by atoms with E-state index in [4.69, 9.17) is 14.7 Å². The van der Waals surface area contributed by atoms with Gasteiger partial charge in [0.25, 0.3) is 11.8 Å². The van der Waals surface area contributed by atoms with Crippen LogP contribution in [0, 0.1) is 11.3 Å². The zero-order valence-corrected chi connectivity index (χ0v) is 17.2. The summed E-state index contributed by atoms with van der Waals surface area (Å²) in [5.74, 6) is -1.05. The second-order valence-electron chi connectivity index (χ2n) is 7.16. The summed E-state index contributed by atoms with van der Waals surface area (Å²) in [7, 11) is 1.44. The van der Waals surface area contributed by atoms with Crippen molar-refractivity contribution in [2.75, 3.05) is 7.11 Å². The molecule has 2 amide bonds. The molecule has 0 atom stereocenters. The number of ether oxygens (including phenoxy) is 2. The number of carbonyl (C=O) groups excluding carboxylic acids is 3. The zero-order valence-electron chi connectivity index (χ0n) is 17.2. The first-order valence-corrected chi connectivity index (χ1v) is 9.80. The van der Waals surface area contributed by atoms with Gasteiger partial charge >= 0.3 is 5.97 Å². The van der Waals surface area contributed by atoms with E-state index < -0.39 is 5.97 Å². The average molecular weight is 426 g/mol. The van der Waals surface area contributed by atoms with Gasteiger partial charge in [0.1, 0.15) is 17.9 Å². The maximum atomic E-state index is 12.7. The van der Waals surface area contributed by atoms with Crippen molar-refractivity contribution in [1.29, 1.82) is 5.26 Å². The smallest absolute Gasteiger partial charge is 0.342 e. The predicted molar refractivity (Wildman–Crippen MR) is 114 cm³/mol. The number of fused-ring (bicyclic) bond motifs is 1. The first kappa shape index (κ1) is 20.8. The minimum absolute atomic E-state index is 0.0137. The maximum absolute atomic E-state index is 12.7. The largest absolute Gasteiger partial charge is 0.496 e. The minimum Gasteiger partial charge on any atom is -0.496 e. The van der Waals surface area contributed by atoms with E-state index in [9.17, 15) is 14.4 Å². The maximum Gasteiger partial charge on any atom is 0.342 e. The first-order valence-electron chi connectivity index (χ1n) is 9.80. The zero-order chi connectivity index (χ0) is 22.7. The number of nitrogens with zero attached hydrogens (tertiary/aromatic N) is 2. The third-order valence-electron chi connectivity index (χ3n) is 5.13. The molecule has 0 aromatic heterocycles. The van der Waals surface area contributed by atoms with Gasteiger partial charge in [0.2, 0.25) is 0 Å². The van der Waals surface area contributed by atoms with Crippen molar-refractivity contribution < 1.29 is 23.9 Å². The van der Waals surface area contributed by atoms with Gasteiger partial charge in [-0.3, -0.25) is 14.5 Å². The molecule has 0 bridgehead atoms. The highest BCUT2D eigenvalue weighted by Gasteiger charge is 2.35. The van der Waals surface area contributed by atoms with Crippen LogP contribution in [0.15, 0.2) is 66.7 Å². The molecule has 3 aromatic carbocycles. The second kappa shape index (κ2) is 8.74. The van der Waals surface area contributed by atoms with Crippen molar-refractivity contribution in [2.24, 2.45) is 0 Å². The van der Waals surface area contributed by atoms with Gasteiger partial charge in [-0.1, -0.05) is 30.3 Å². The highest BCUT2D eigenvalue weighted by Crippen LogP contribution is 2.27. The van der Waals surface area contributed by atoms with Crippen LogP contribution in [-0.2, 0) is 17.9 Å². The molecule has 4 rings (SSSR count). The summed E-state index contributed by atoms with van der Waals surface area (Å²) < 4.78 is 10.7. The number of esters is 1. The van der Waals surface area contributed by atoms with Crippen LogP contribution in [0.25, 0.3) is 0 Å². The van der Waals surface area contributed by atoms with E-state index in [1.807, 2.05) is 6.07 Å². The molecule has 32 heavy (non-hydrogen) atoms. The Labute approximate surface area is 184 Å². The molecule has 0 N–H and O–H groups in total. The standard InChI is InChI=1S/C25H18N2O5/c1-31-22-10-9-17(14-27-23(28)19-7-2-3-8-20(19)24(27)29)12-21(22)25(30)32-15-18-6-4-5-16(11-18)13-26/h2-12H,14-15H2,1H3. The Kier molecular flexibility index (Phi) is 5.69. The summed E-state index contributed by atoms with van der Waals surface area (Å²) in [5.41, 5.74) is 2.64. The van der Waals surface area contributed by atoms with Crippen molar-refractivity contribution >= 4 is 17.8 Å². The number of amides is 2. The molecule has 7 heteroatoms. The lowest BCUT2D eigenvalue weighted by Crippen LogP contribution is -2.29. The summed E-state index contributed by atoms with van der Waals surface area (Å²) in [4.78, 5) is 39.1. The molecular formula is C25H18N2O5. The van der Waals surface area contributed by atoms with E-state index in [1.165, 1.54) is 7.11 Å². The third-order valence-corrected chi connectivity index (χ3v) is 5.13. The Hall–Kier alpha value is -4.44. The molecule has 7 nitrogen and oxygen atoms in total. The Bertz CT molecular complexity index is 1240. The molecule has 0 saturated heterocycles. The van der Waals surface area contributed by atoms with E-state index >= 15 is 0 Å². The van der Waals surface area contributed by atoms with Gasteiger partial charge in [-0.15, -0.1) is 0 Å². The summed E-state index contributed by atoms with van der Waals surface area (Å²) in [5, 5.41) is 9.00. The SMILES string of the molecule is COc1ccc(CN2C(=O)c3ccccc3C2=O)cc1C(=O)OCc1cccc(C#N)c1. The van der Waals surface area contributed by atoms with Crippen molar-refractivity contribution in [1.82, 2.24) is 4.90 Å². The Morgan fingerprint density at radius 1 is 0.938 bits per heavy atom. The van der Waals surface area contributed by atoms with Gasteiger partial charge in [0.15, 0.2) is 0 Å². The number of methoxy groups -OCH3 is 1. The molecule has 1 heterocycles. The Morgan fingerprint density at radius 3 is 2.31 bits per heavy atom. The number of rotatable bonds is 6. The molecule has 0 fully saturated rings. The summed E-state index contributed by atoms with van der Waals surface area (Å²) in [6.45, 7) is 0.000969. The summed E-state index contributed by atoms with van der Waals surface area (Å²) in [6, 6.07) is 20.3. The van der Waals surface area contributed by atoms with E-state index in [-0.39, 0.29) is 30.5 Å². The molecule has 3 aromatic rings. The van der Waals surface area contributed by atoms with Gasteiger partial charge in [-0.25, -0.2) is 4.79 Å². The minimum atomic E-state index is -0.617. The lowest BCUT2D eigenvalue weighted by Gasteiger charge is -2.16. The van der Waals surface area contributed by atoms with Crippen LogP contribution in [0.2, 0.25) is 0 Å². The molecule has 0 saturated carbocycles. The molecule has 1 aliphatic rings. The van der Waals surface area contributed by atoms with Gasteiger partial charge in [0, 0.05) is 0 Å².